The van der Waals surface area contributed by atoms with Crippen molar-refractivity contribution in [2.45, 2.75) is 37.5 Å². The predicted octanol–water partition coefficient (Wildman–Crippen LogP) is 0.353. The highest BCUT2D eigenvalue weighted by Crippen LogP contribution is 2.17. The van der Waals surface area contributed by atoms with Crippen LogP contribution in [0.2, 0.25) is 0 Å². The minimum atomic E-state index is -0.707. The quantitative estimate of drug-likeness (QED) is 0.726. The summed E-state index contributed by atoms with van der Waals surface area (Å²) in [6.45, 7) is 4.49. The Balaban J connectivity index is 2.28. The first-order chi connectivity index (χ1) is 8.02. The average Bonchev–Trinajstić information content (AvgIpc) is 2.71. The first-order valence-corrected chi connectivity index (χ1v) is 6.00. The van der Waals surface area contributed by atoms with Crippen LogP contribution >= 0.6 is 0 Å². The lowest BCUT2D eigenvalue weighted by molar-refractivity contribution is -0.00461. The monoisotopic (exact) mass is 241 g/mol. The number of nitrogens with zero attached hydrogens (tertiary/aromatic N) is 2. The Morgan fingerprint density at radius 1 is 1.35 bits per heavy atom. The molecule has 2 N–H and O–H groups in total. The van der Waals surface area contributed by atoms with Crippen LogP contribution in [0.1, 0.15) is 19.8 Å². The Bertz CT molecular complexity index is 263. The molecule has 1 fully saturated rings. The molecule has 3 unspecified atom stereocenters. The minimum Gasteiger partial charge on any atom is -0.377 e. The maximum Gasteiger partial charge on any atom is 0.101 e. The van der Waals surface area contributed by atoms with E-state index in [1.165, 1.54) is 0 Å². The summed E-state index contributed by atoms with van der Waals surface area (Å²) < 4.78 is 10.7. The largest absolute Gasteiger partial charge is 0.377 e. The highest BCUT2D eigenvalue weighted by molar-refractivity contribution is 5.00. The van der Waals surface area contributed by atoms with Crippen LogP contribution in [0.3, 0.4) is 0 Å². The van der Waals surface area contributed by atoms with Gasteiger partial charge in [0.05, 0.1) is 18.3 Å². The van der Waals surface area contributed by atoms with Crippen molar-refractivity contribution in [3.8, 4) is 6.07 Å². The van der Waals surface area contributed by atoms with Crippen LogP contribution < -0.4 is 5.73 Å². The van der Waals surface area contributed by atoms with Gasteiger partial charge >= 0.3 is 0 Å². The molecule has 1 heterocycles. The van der Waals surface area contributed by atoms with Crippen LogP contribution in [0.15, 0.2) is 0 Å². The van der Waals surface area contributed by atoms with Gasteiger partial charge in [-0.2, -0.15) is 5.26 Å². The van der Waals surface area contributed by atoms with E-state index in [1.807, 2.05) is 0 Å². The molecular formula is C12H23N3O2. The van der Waals surface area contributed by atoms with Gasteiger partial charge in [0.1, 0.15) is 5.54 Å². The molecule has 1 rings (SSSR count). The number of nitrogens with two attached hydrogens (primary N) is 1. The molecule has 5 nitrogen and oxygen atoms in total. The number of likely N-dealkylation sites (tertiary alicyclic amines) is 1. The lowest BCUT2D eigenvalue weighted by atomic mass is 9.99. The molecule has 0 amide bonds. The van der Waals surface area contributed by atoms with Crippen LogP contribution in [0.25, 0.3) is 0 Å². The number of ether oxygens (including phenoxy) is 2. The Morgan fingerprint density at radius 3 is 2.29 bits per heavy atom. The number of hydrogen-bond acceptors (Lipinski definition) is 5. The van der Waals surface area contributed by atoms with E-state index in [0.29, 0.717) is 0 Å². The molecule has 0 aromatic rings. The van der Waals surface area contributed by atoms with Gasteiger partial charge in [0.25, 0.3) is 0 Å². The van der Waals surface area contributed by atoms with Crippen LogP contribution in [0.5, 0.6) is 0 Å². The average molecular weight is 241 g/mol. The number of methoxy groups -OCH3 is 2. The van der Waals surface area contributed by atoms with Crippen molar-refractivity contribution in [3.63, 3.8) is 0 Å². The van der Waals surface area contributed by atoms with Gasteiger partial charge in [0, 0.05) is 27.3 Å². The molecule has 5 heteroatoms. The molecule has 0 saturated carbocycles. The third kappa shape index (κ3) is 4.25. The van der Waals surface area contributed by atoms with Gasteiger partial charge in [0.15, 0.2) is 0 Å². The van der Waals surface area contributed by atoms with Crippen LogP contribution in [-0.2, 0) is 9.47 Å². The fourth-order valence-electron chi connectivity index (χ4n) is 2.18. The van der Waals surface area contributed by atoms with E-state index in [1.54, 1.807) is 21.1 Å². The van der Waals surface area contributed by atoms with Crippen molar-refractivity contribution in [3.05, 3.63) is 0 Å². The summed E-state index contributed by atoms with van der Waals surface area (Å²) in [6.07, 6.45) is 1.95. The normalized spacial score (nSPS) is 28.9. The standard InChI is InChI=1S/C12H23N3O2/c1-12(14,9-13)5-4-6-15-7-10(16-2)11(8-15)17-3/h10-11H,4-8,14H2,1-3H3. The SMILES string of the molecule is COC1CN(CCCC(C)(N)C#N)CC1OC. The molecule has 0 aromatic carbocycles. The lowest BCUT2D eigenvalue weighted by Gasteiger charge is -2.19. The van der Waals surface area contributed by atoms with Gasteiger partial charge in [-0.25, -0.2) is 0 Å². The lowest BCUT2D eigenvalue weighted by Crippen LogP contribution is -2.35. The van der Waals surface area contributed by atoms with E-state index in [-0.39, 0.29) is 12.2 Å². The van der Waals surface area contributed by atoms with Crippen molar-refractivity contribution in [1.29, 1.82) is 5.26 Å². The van der Waals surface area contributed by atoms with E-state index in [2.05, 4.69) is 11.0 Å². The number of nitriles is 1. The summed E-state index contributed by atoms with van der Waals surface area (Å²) in [6, 6.07) is 2.12. The second kappa shape index (κ2) is 6.31. The Morgan fingerprint density at radius 2 is 1.88 bits per heavy atom. The van der Waals surface area contributed by atoms with Gasteiger partial charge in [-0.3, -0.25) is 4.90 Å². The zero-order chi connectivity index (χ0) is 12.9. The number of rotatable bonds is 6. The minimum absolute atomic E-state index is 0.153. The zero-order valence-corrected chi connectivity index (χ0v) is 11.0. The molecular weight excluding hydrogens is 218 g/mol. The van der Waals surface area contributed by atoms with Crippen molar-refractivity contribution < 1.29 is 9.47 Å². The summed E-state index contributed by atoms with van der Waals surface area (Å²) in [5.74, 6) is 0. The summed E-state index contributed by atoms with van der Waals surface area (Å²) in [5, 5.41) is 8.82. The first kappa shape index (κ1) is 14.4. The molecule has 0 bridgehead atoms. The Kier molecular flexibility index (Phi) is 5.34. The molecule has 1 saturated heterocycles. The summed E-state index contributed by atoms with van der Waals surface area (Å²) in [4.78, 5) is 2.30. The third-order valence-electron chi connectivity index (χ3n) is 3.32. The fraction of sp³-hybridized carbons (Fsp3) is 0.917. The van der Waals surface area contributed by atoms with E-state index in [9.17, 15) is 0 Å². The number of hydrogen-bond donors (Lipinski definition) is 1. The van der Waals surface area contributed by atoms with E-state index in [4.69, 9.17) is 20.5 Å². The Labute approximate surface area is 103 Å². The van der Waals surface area contributed by atoms with Gasteiger partial charge < -0.3 is 15.2 Å². The van der Waals surface area contributed by atoms with Crippen molar-refractivity contribution in [2.24, 2.45) is 5.73 Å². The van der Waals surface area contributed by atoms with Gasteiger partial charge in [0.2, 0.25) is 0 Å². The van der Waals surface area contributed by atoms with Crippen molar-refractivity contribution >= 4 is 0 Å². The highest BCUT2D eigenvalue weighted by Gasteiger charge is 2.32. The van der Waals surface area contributed by atoms with Crippen molar-refractivity contribution in [2.75, 3.05) is 33.9 Å². The summed E-state index contributed by atoms with van der Waals surface area (Å²) >= 11 is 0. The molecule has 98 valence electrons. The third-order valence-corrected chi connectivity index (χ3v) is 3.32. The molecule has 3 atom stereocenters. The van der Waals surface area contributed by atoms with E-state index >= 15 is 0 Å². The molecule has 17 heavy (non-hydrogen) atoms. The first-order valence-electron chi connectivity index (χ1n) is 6.00. The van der Waals surface area contributed by atoms with Crippen LogP contribution in [-0.4, -0.2) is 56.5 Å². The van der Waals surface area contributed by atoms with Crippen molar-refractivity contribution in [1.82, 2.24) is 4.90 Å². The highest BCUT2D eigenvalue weighted by atomic mass is 16.5. The van der Waals surface area contributed by atoms with Gasteiger partial charge in [-0.05, 0) is 26.3 Å². The zero-order valence-electron chi connectivity index (χ0n) is 11.0. The molecule has 0 aromatic heterocycles. The smallest absolute Gasteiger partial charge is 0.101 e. The maximum absolute atomic E-state index is 8.82. The summed E-state index contributed by atoms with van der Waals surface area (Å²) in [5.41, 5.74) is 5.07. The second-order valence-electron chi connectivity index (χ2n) is 4.94. The predicted molar refractivity (Wildman–Crippen MR) is 65.5 cm³/mol. The molecule has 0 spiro atoms. The fourth-order valence-corrected chi connectivity index (χ4v) is 2.18. The second-order valence-corrected chi connectivity index (χ2v) is 4.94. The van der Waals surface area contributed by atoms with Crippen LogP contribution in [0, 0.1) is 11.3 Å². The van der Waals surface area contributed by atoms with Gasteiger partial charge in [-0.1, -0.05) is 0 Å². The molecule has 0 radical (unpaired) electrons. The molecule has 1 aliphatic rings. The van der Waals surface area contributed by atoms with E-state index in [0.717, 1.165) is 32.5 Å². The van der Waals surface area contributed by atoms with E-state index < -0.39 is 5.54 Å². The molecule has 0 aliphatic carbocycles. The van der Waals surface area contributed by atoms with Crippen LogP contribution in [0.4, 0.5) is 0 Å². The molecule has 1 aliphatic heterocycles. The summed E-state index contributed by atoms with van der Waals surface area (Å²) in [7, 11) is 3.43. The van der Waals surface area contributed by atoms with Gasteiger partial charge in [-0.15, -0.1) is 0 Å². The topological polar surface area (TPSA) is 71.5 Å². The Hall–Kier alpha value is -0.670. The maximum atomic E-state index is 8.82.